The van der Waals surface area contributed by atoms with E-state index in [1.165, 1.54) is 5.56 Å². The Morgan fingerprint density at radius 1 is 1.10 bits per heavy atom. The molecule has 3 nitrogen and oxygen atoms in total. The van der Waals surface area contributed by atoms with Crippen LogP contribution in [0.3, 0.4) is 0 Å². The molecule has 1 unspecified atom stereocenters. The van der Waals surface area contributed by atoms with Gasteiger partial charge in [0.1, 0.15) is 5.75 Å². The third-order valence-corrected chi connectivity index (χ3v) is 5.53. The first-order valence-electron chi connectivity index (χ1n) is 8.25. The molecule has 0 radical (unpaired) electrons. The number of hydrogen-bond acceptors (Lipinski definition) is 3. The summed E-state index contributed by atoms with van der Waals surface area (Å²) < 4.78 is 0. The van der Waals surface area contributed by atoms with Gasteiger partial charge < -0.3 is 10.4 Å². The molecular weight excluding hydrogens is 260 g/mol. The summed E-state index contributed by atoms with van der Waals surface area (Å²) >= 11 is 0. The molecule has 1 fully saturated rings. The Morgan fingerprint density at radius 3 is 2.24 bits per heavy atom. The normalized spacial score (nSPS) is 25.9. The summed E-state index contributed by atoms with van der Waals surface area (Å²) in [6.07, 6.45) is 3.46. The van der Waals surface area contributed by atoms with E-state index >= 15 is 0 Å². The van der Waals surface area contributed by atoms with Gasteiger partial charge in [0.25, 0.3) is 0 Å². The molecule has 0 aliphatic carbocycles. The molecule has 0 saturated carbocycles. The zero-order chi connectivity index (χ0) is 15.5. The maximum absolute atomic E-state index is 9.45. The van der Waals surface area contributed by atoms with E-state index in [1.54, 1.807) is 12.1 Å². The van der Waals surface area contributed by atoms with Gasteiger partial charge in [-0.05, 0) is 43.9 Å². The van der Waals surface area contributed by atoms with Crippen LogP contribution in [0.25, 0.3) is 0 Å². The van der Waals surface area contributed by atoms with E-state index in [9.17, 15) is 5.11 Å². The average molecular weight is 290 g/mol. The Balaban J connectivity index is 2.20. The molecule has 0 spiro atoms. The number of nitrogens with one attached hydrogen (secondary N) is 1. The van der Waals surface area contributed by atoms with Crippen molar-refractivity contribution in [2.45, 2.75) is 64.6 Å². The van der Waals surface area contributed by atoms with Crippen molar-refractivity contribution in [3.8, 4) is 5.75 Å². The van der Waals surface area contributed by atoms with Crippen molar-refractivity contribution in [1.82, 2.24) is 10.2 Å². The molecule has 1 aromatic carbocycles. The minimum absolute atomic E-state index is 0.200. The van der Waals surface area contributed by atoms with Crippen LogP contribution in [-0.2, 0) is 6.54 Å². The zero-order valence-corrected chi connectivity index (χ0v) is 13.9. The number of phenols is 1. The predicted octanol–water partition coefficient (Wildman–Crippen LogP) is 3.52. The zero-order valence-electron chi connectivity index (χ0n) is 13.9. The van der Waals surface area contributed by atoms with Crippen LogP contribution in [0.4, 0.5) is 0 Å². The van der Waals surface area contributed by atoms with E-state index in [1.807, 2.05) is 12.1 Å². The molecule has 1 aliphatic rings. The maximum atomic E-state index is 9.45. The second kappa shape index (κ2) is 6.37. The van der Waals surface area contributed by atoms with Gasteiger partial charge in [-0.2, -0.15) is 0 Å². The van der Waals surface area contributed by atoms with E-state index in [0.29, 0.717) is 5.75 Å². The number of piperazine rings is 1. The van der Waals surface area contributed by atoms with Crippen LogP contribution in [0.2, 0.25) is 0 Å². The van der Waals surface area contributed by atoms with Gasteiger partial charge in [-0.3, -0.25) is 4.90 Å². The molecule has 21 heavy (non-hydrogen) atoms. The molecule has 1 atom stereocenters. The van der Waals surface area contributed by atoms with Gasteiger partial charge in [-0.1, -0.05) is 32.9 Å². The summed E-state index contributed by atoms with van der Waals surface area (Å²) in [7, 11) is 0. The highest BCUT2D eigenvalue weighted by atomic mass is 16.3. The lowest BCUT2D eigenvalue weighted by Gasteiger charge is -2.53. The van der Waals surface area contributed by atoms with E-state index < -0.39 is 0 Å². The van der Waals surface area contributed by atoms with Crippen LogP contribution in [0.5, 0.6) is 5.75 Å². The first kappa shape index (κ1) is 16.3. The number of phenolic OH excluding ortho intramolecular Hbond substituents is 1. The molecular formula is C18H30N2O. The van der Waals surface area contributed by atoms with Crippen molar-refractivity contribution < 1.29 is 5.11 Å². The summed E-state index contributed by atoms with van der Waals surface area (Å²) in [6, 6.07) is 7.64. The quantitative estimate of drug-likeness (QED) is 0.871. The minimum atomic E-state index is 0.200. The minimum Gasteiger partial charge on any atom is -0.508 e. The van der Waals surface area contributed by atoms with Gasteiger partial charge >= 0.3 is 0 Å². The van der Waals surface area contributed by atoms with E-state index in [4.69, 9.17) is 0 Å². The standard InChI is InChI=1S/C18H30N2O/c1-5-17(4)13-19-18(6-2,7-3)14-20(17)12-15-8-10-16(21)11-9-15/h8-11,19,21H,5-7,12-14H2,1-4H3. The van der Waals surface area contributed by atoms with Crippen LogP contribution in [-0.4, -0.2) is 34.2 Å². The summed E-state index contributed by atoms with van der Waals surface area (Å²) in [6.45, 7) is 12.3. The monoisotopic (exact) mass is 290 g/mol. The number of nitrogens with zero attached hydrogens (tertiary/aromatic N) is 1. The Bertz CT molecular complexity index is 453. The summed E-state index contributed by atoms with van der Waals surface area (Å²) in [5.41, 5.74) is 1.72. The topological polar surface area (TPSA) is 35.5 Å². The fourth-order valence-corrected chi connectivity index (χ4v) is 3.24. The second-order valence-corrected chi connectivity index (χ2v) is 6.71. The van der Waals surface area contributed by atoms with Gasteiger partial charge in [0.15, 0.2) is 0 Å². The third kappa shape index (κ3) is 3.41. The van der Waals surface area contributed by atoms with Crippen molar-refractivity contribution >= 4 is 0 Å². The molecule has 1 heterocycles. The molecule has 2 rings (SSSR count). The maximum Gasteiger partial charge on any atom is 0.115 e. The van der Waals surface area contributed by atoms with Crippen molar-refractivity contribution in [3.05, 3.63) is 29.8 Å². The Morgan fingerprint density at radius 2 is 1.71 bits per heavy atom. The van der Waals surface area contributed by atoms with E-state index in [-0.39, 0.29) is 11.1 Å². The van der Waals surface area contributed by atoms with Gasteiger partial charge in [0, 0.05) is 30.7 Å². The predicted molar refractivity (Wildman–Crippen MR) is 88.5 cm³/mol. The summed E-state index contributed by atoms with van der Waals surface area (Å²) in [4.78, 5) is 2.63. The van der Waals surface area contributed by atoms with Crippen LogP contribution in [0.15, 0.2) is 24.3 Å². The first-order valence-corrected chi connectivity index (χ1v) is 8.25. The SMILES string of the molecule is CCC1(CC)CN(Cc2ccc(O)cc2)C(C)(CC)CN1. The highest BCUT2D eigenvalue weighted by Crippen LogP contribution is 2.31. The highest BCUT2D eigenvalue weighted by molar-refractivity contribution is 5.26. The first-order chi connectivity index (χ1) is 9.97. The van der Waals surface area contributed by atoms with Crippen molar-refractivity contribution in [3.63, 3.8) is 0 Å². The number of hydrogen-bond donors (Lipinski definition) is 2. The Hall–Kier alpha value is -1.06. The fourth-order valence-electron chi connectivity index (χ4n) is 3.24. The third-order valence-electron chi connectivity index (χ3n) is 5.53. The van der Waals surface area contributed by atoms with Gasteiger partial charge in [-0.15, -0.1) is 0 Å². The number of rotatable bonds is 5. The van der Waals surface area contributed by atoms with Gasteiger partial charge in [-0.25, -0.2) is 0 Å². The van der Waals surface area contributed by atoms with Crippen LogP contribution < -0.4 is 5.32 Å². The molecule has 0 amide bonds. The van der Waals surface area contributed by atoms with Gasteiger partial charge in [0.05, 0.1) is 0 Å². The molecule has 0 bridgehead atoms. The highest BCUT2D eigenvalue weighted by Gasteiger charge is 2.42. The lowest BCUT2D eigenvalue weighted by molar-refractivity contribution is 0.00275. The molecule has 1 aromatic rings. The van der Waals surface area contributed by atoms with Crippen LogP contribution in [0, 0.1) is 0 Å². The second-order valence-electron chi connectivity index (χ2n) is 6.71. The van der Waals surface area contributed by atoms with E-state index in [0.717, 1.165) is 38.9 Å². The lowest BCUT2D eigenvalue weighted by atomic mass is 9.82. The molecule has 1 saturated heterocycles. The van der Waals surface area contributed by atoms with Crippen molar-refractivity contribution in [2.24, 2.45) is 0 Å². The molecule has 0 aromatic heterocycles. The van der Waals surface area contributed by atoms with Crippen LogP contribution >= 0.6 is 0 Å². The molecule has 1 aliphatic heterocycles. The summed E-state index contributed by atoms with van der Waals surface area (Å²) in [5.74, 6) is 0.341. The average Bonchev–Trinajstić information content (AvgIpc) is 2.52. The smallest absolute Gasteiger partial charge is 0.115 e. The lowest BCUT2D eigenvalue weighted by Crippen LogP contribution is -2.68. The molecule has 2 N–H and O–H groups in total. The number of aromatic hydroxyl groups is 1. The fraction of sp³-hybridized carbons (Fsp3) is 0.667. The van der Waals surface area contributed by atoms with Crippen LogP contribution in [0.1, 0.15) is 52.5 Å². The number of benzene rings is 1. The Labute approximate surface area is 129 Å². The van der Waals surface area contributed by atoms with E-state index in [2.05, 4.69) is 37.9 Å². The summed E-state index contributed by atoms with van der Waals surface area (Å²) in [5, 5.41) is 13.3. The van der Waals surface area contributed by atoms with Crippen molar-refractivity contribution in [2.75, 3.05) is 13.1 Å². The van der Waals surface area contributed by atoms with Crippen molar-refractivity contribution in [1.29, 1.82) is 0 Å². The largest absolute Gasteiger partial charge is 0.508 e. The van der Waals surface area contributed by atoms with Gasteiger partial charge in [0.2, 0.25) is 0 Å². The molecule has 3 heteroatoms. The Kier molecular flexibility index (Phi) is 4.95. The molecule has 118 valence electrons.